The predicted molar refractivity (Wildman–Crippen MR) is 84.0 cm³/mol. The summed E-state index contributed by atoms with van der Waals surface area (Å²) >= 11 is 0. The maximum atomic E-state index is 12.5. The lowest BCUT2D eigenvalue weighted by Crippen LogP contribution is -2.43. The summed E-state index contributed by atoms with van der Waals surface area (Å²) < 4.78 is 41.9. The van der Waals surface area contributed by atoms with Crippen molar-refractivity contribution in [1.82, 2.24) is 15.1 Å². The van der Waals surface area contributed by atoms with Crippen LogP contribution in [0.15, 0.2) is 18.3 Å². The lowest BCUT2D eigenvalue weighted by Gasteiger charge is -2.33. The zero-order valence-corrected chi connectivity index (χ0v) is 14.1. The van der Waals surface area contributed by atoms with Gasteiger partial charge in [-0.15, -0.1) is 5.10 Å². The molecule has 2 unspecified atom stereocenters. The monoisotopic (exact) mass is 372 g/mol. The fourth-order valence-corrected chi connectivity index (χ4v) is 3.28. The van der Waals surface area contributed by atoms with E-state index in [9.17, 15) is 22.8 Å². The molecule has 1 saturated heterocycles. The second-order valence-corrected chi connectivity index (χ2v) is 6.77. The molecule has 1 N–H and O–H groups in total. The second kappa shape index (κ2) is 6.73. The third kappa shape index (κ3) is 3.88. The topological polar surface area (TPSA) is 84.4 Å². The van der Waals surface area contributed by atoms with Crippen LogP contribution in [-0.2, 0) is 9.53 Å². The van der Waals surface area contributed by atoms with Gasteiger partial charge in [-0.05, 0) is 43.7 Å². The number of ether oxygens (including phenoxy) is 1. The molecule has 3 rings (SSSR count). The van der Waals surface area contributed by atoms with Crippen molar-refractivity contribution in [3.05, 3.63) is 18.3 Å². The van der Waals surface area contributed by atoms with E-state index in [0.29, 0.717) is 25.1 Å². The summed E-state index contributed by atoms with van der Waals surface area (Å²) in [5, 5.41) is 10.2. The van der Waals surface area contributed by atoms with Gasteiger partial charge in [0.05, 0.1) is 0 Å². The number of hydrogen-bond acceptors (Lipinski definition) is 5. The zero-order valence-electron chi connectivity index (χ0n) is 14.1. The number of rotatable bonds is 3. The van der Waals surface area contributed by atoms with E-state index < -0.39 is 18.4 Å². The molecule has 0 aromatic carbocycles. The van der Waals surface area contributed by atoms with Crippen LogP contribution < -0.4 is 5.32 Å². The van der Waals surface area contributed by atoms with Crippen LogP contribution >= 0.6 is 0 Å². The van der Waals surface area contributed by atoms with Crippen molar-refractivity contribution in [2.24, 2.45) is 11.3 Å². The fraction of sp³-hybridized carbons (Fsp3) is 0.625. The molecule has 2 atom stereocenters. The summed E-state index contributed by atoms with van der Waals surface area (Å²) in [5.74, 6) is 0.0469. The van der Waals surface area contributed by atoms with E-state index in [2.05, 4.69) is 20.3 Å². The number of anilines is 1. The highest BCUT2D eigenvalue weighted by Gasteiger charge is 2.59. The molecule has 2 aliphatic rings. The van der Waals surface area contributed by atoms with Gasteiger partial charge in [-0.1, -0.05) is 0 Å². The highest BCUT2D eigenvalue weighted by atomic mass is 19.4. The number of nitrogens with one attached hydrogen (secondary N) is 1. The Morgan fingerprint density at radius 1 is 1.38 bits per heavy atom. The third-order valence-electron chi connectivity index (χ3n) is 5.09. The van der Waals surface area contributed by atoms with Crippen LogP contribution in [0.25, 0.3) is 0 Å². The fourth-order valence-electron chi connectivity index (χ4n) is 3.28. The number of nitrogens with zero attached hydrogens (tertiary/aromatic N) is 3. The van der Waals surface area contributed by atoms with Gasteiger partial charge >= 0.3 is 12.3 Å². The molecule has 2 heterocycles. The maximum absolute atomic E-state index is 12.5. The molecule has 1 aromatic heterocycles. The number of carbonyl (C=O) groups is 2. The van der Waals surface area contributed by atoms with E-state index in [-0.39, 0.29) is 30.3 Å². The highest BCUT2D eigenvalue weighted by molar-refractivity contribution is 5.94. The van der Waals surface area contributed by atoms with Gasteiger partial charge in [0.15, 0.2) is 11.9 Å². The molecule has 2 amide bonds. The Hall–Kier alpha value is -2.39. The first-order valence-corrected chi connectivity index (χ1v) is 8.32. The van der Waals surface area contributed by atoms with Gasteiger partial charge < -0.3 is 15.0 Å². The molecule has 1 aromatic rings. The van der Waals surface area contributed by atoms with E-state index >= 15 is 0 Å². The number of piperidine rings is 1. The molecule has 7 nitrogen and oxygen atoms in total. The molecular formula is C16H19F3N4O3. The number of hydrogen-bond donors (Lipinski definition) is 1. The summed E-state index contributed by atoms with van der Waals surface area (Å²) in [5.41, 5.74) is -0.196. The molecular weight excluding hydrogens is 353 g/mol. The van der Waals surface area contributed by atoms with Gasteiger partial charge in [-0.25, -0.2) is 4.79 Å². The molecule has 10 heteroatoms. The largest absolute Gasteiger partial charge is 0.437 e. The Balaban J connectivity index is 1.48. The predicted octanol–water partition coefficient (Wildman–Crippen LogP) is 2.60. The highest BCUT2D eigenvalue weighted by Crippen LogP contribution is 2.59. The van der Waals surface area contributed by atoms with E-state index in [1.807, 2.05) is 0 Å². The molecule has 1 spiro atoms. The van der Waals surface area contributed by atoms with Crippen molar-refractivity contribution in [2.75, 3.05) is 18.4 Å². The molecule has 26 heavy (non-hydrogen) atoms. The number of likely N-dealkylation sites (tertiary alicyclic amines) is 1. The van der Waals surface area contributed by atoms with Crippen molar-refractivity contribution in [1.29, 1.82) is 0 Å². The van der Waals surface area contributed by atoms with Crippen molar-refractivity contribution >= 4 is 17.8 Å². The molecule has 2 fully saturated rings. The first-order chi connectivity index (χ1) is 12.2. The van der Waals surface area contributed by atoms with Gasteiger partial charge in [0.25, 0.3) is 0 Å². The van der Waals surface area contributed by atoms with Gasteiger partial charge in [-0.3, -0.25) is 4.79 Å². The third-order valence-corrected chi connectivity index (χ3v) is 5.09. The Labute approximate surface area is 147 Å². The lowest BCUT2D eigenvalue weighted by atomic mass is 9.91. The zero-order chi connectivity index (χ0) is 18.9. The summed E-state index contributed by atoms with van der Waals surface area (Å²) in [6.07, 6.45) is -4.37. The maximum Gasteiger partial charge on any atom is 0.425 e. The van der Waals surface area contributed by atoms with Gasteiger partial charge in [-0.2, -0.15) is 18.3 Å². The molecule has 1 aliphatic heterocycles. The average molecular weight is 372 g/mol. The van der Waals surface area contributed by atoms with Crippen molar-refractivity contribution in [3.8, 4) is 0 Å². The number of amides is 2. The summed E-state index contributed by atoms with van der Waals surface area (Å²) in [6.45, 7) is 1.35. The van der Waals surface area contributed by atoms with Crippen LogP contribution in [0.1, 0.15) is 26.2 Å². The number of carbonyl (C=O) groups excluding carboxylic acids is 2. The Kier molecular flexibility index (Phi) is 4.76. The van der Waals surface area contributed by atoms with E-state index in [0.717, 1.165) is 6.92 Å². The Bertz CT molecular complexity index is 675. The van der Waals surface area contributed by atoms with Gasteiger partial charge in [0, 0.05) is 25.2 Å². The van der Waals surface area contributed by atoms with Gasteiger partial charge in [0.1, 0.15) is 0 Å². The van der Waals surface area contributed by atoms with Crippen LogP contribution in [-0.4, -0.2) is 52.5 Å². The standard InChI is InChI=1S/C16H19F3N4O3/c1-10(16(17,18)19)26-14(25)23-7-4-15(5-8-23)9-11(15)13(24)21-12-3-2-6-20-22-12/h2-3,6,10-11H,4-5,7-9H2,1H3,(H,21,22,24). The first kappa shape index (κ1) is 18.4. The molecule has 0 radical (unpaired) electrons. The summed E-state index contributed by atoms with van der Waals surface area (Å²) in [4.78, 5) is 25.4. The smallest absolute Gasteiger partial charge is 0.425 e. The number of halogens is 3. The van der Waals surface area contributed by atoms with Crippen LogP contribution in [0.3, 0.4) is 0 Å². The number of alkyl halides is 3. The first-order valence-electron chi connectivity index (χ1n) is 8.32. The minimum absolute atomic E-state index is 0.146. The van der Waals surface area contributed by atoms with E-state index in [1.54, 1.807) is 12.1 Å². The van der Waals surface area contributed by atoms with Gasteiger partial charge in [0.2, 0.25) is 5.91 Å². The lowest BCUT2D eigenvalue weighted by molar-refractivity contribution is -0.200. The minimum atomic E-state index is -4.58. The summed E-state index contributed by atoms with van der Waals surface area (Å²) in [6, 6.07) is 3.30. The number of aromatic nitrogens is 2. The molecule has 1 saturated carbocycles. The molecule has 1 aliphatic carbocycles. The van der Waals surface area contributed by atoms with Crippen molar-refractivity contribution < 1.29 is 27.5 Å². The summed E-state index contributed by atoms with van der Waals surface area (Å²) in [7, 11) is 0. The van der Waals surface area contributed by atoms with E-state index in [4.69, 9.17) is 0 Å². The minimum Gasteiger partial charge on any atom is -0.437 e. The second-order valence-electron chi connectivity index (χ2n) is 6.77. The van der Waals surface area contributed by atoms with Crippen LogP contribution in [0.2, 0.25) is 0 Å². The van der Waals surface area contributed by atoms with Crippen LogP contribution in [0.5, 0.6) is 0 Å². The van der Waals surface area contributed by atoms with Crippen LogP contribution in [0.4, 0.5) is 23.8 Å². The Morgan fingerprint density at radius 2 is 2.08 bits per heavy atom. The molecule has 0 bridgehead atoms. The molecule has 142 valence electrons. The Morgan fingerprint density at radius 3 is 2.65 bits per heavy atom. The van der Waals surface area contributed by atoms with E-state index in [1.165, 1.54) is 11.1 Å². The quantitative estimate of drug-likeness (QED) is 0.882. The normalized spacial score (nSPS) is 22.6. The van der Waals surface area contributed by atoms with Crippen LogP contribution in [0, 0.1) is 11.3 Å². The SMILES string of the molecule is CC(OC(=O)N1CCC2(CC1)CC2C(=O)Nc1cccnn1)C(F)(F)F. The van der Waals surface area contributed by atoms with Crippen molar-refractivity contribution in [3.63, 3.8) is 0 Å². The van der Waals surface area contributed by atoms with Crippen molar-refractivity contribution in [2.45, 2.75) is 38.5 Å². The average Bonchev–Trinajstić information content (AvgIpc) is 3.29.